The molecule has 1 rings (SSSR count). The summed E-state index contributed by atoms with van der Waals surface area (Å²) >= 11 is 0. The van der Waals surface area contributed by atoms with Crippen molar-refractivity contribution in [1.29, 1.82) is 0 Å². The van der Waals surface area contributed by atoms with Gasteiger partial charge in [-0.2, -0.15) is 0 Å². The van der Waals surface area contributed by atoms with Crippen LogP contribution in [-0.2, 0) is 11.2 Å². The van der Waals surface area contributed by atoms with Crippen LogP contribution in [0, 0.1) is 0 Å². The largest absolute Gasteiger partial charge is 0.356 e. The molecule has 4 heteroatoms. The maximum absolute atomic E-state index is 10.9. The summed E-state index contributed by atoms with van der Waals surface area (Å²) in [5.74, 6) is -0.129. The molecule has 0 saturated heterocycles. The minimum atomic E-state index is -0.129. The summed E-state index contributed by atoms with van der Waals surface area (Å²) in [5.41, 5.74) is 1.83. The molecular formula is C10H13N3O. The highest BCUT2D eigenvalue weighted by atomic mass is 16.1. The number of aryl methyl sites for hydroxylation is 1. The van der Waals surface area contributed by atoms with Crippen molar-refractivity contribution >= 4 is 12.0 Å². The first-order chi connectivity index (χ1) is 6.77. The lowest BCUT2D eigenvalue weighted by atomic mass is 10.2. The van der Waals surface area contributed by atoms with E-state index >= 15 is 0 Å². The van der Waals surface area contributed by atoms with Gasteiger partial charge in [-0.05, 0) is 12.5 Å². The Labute approximate surface area is 83.1 Å². The van der Waals surface area contributed by atoms with E-state index in [0.717, 1.165) is 17.7 Å². The van der Waals surface area contributed by atoms with Gasteiger partial charge >= 0.3 is 0 Å². The summed E-state index contributed by atoms with van der Waals surface area (Å²) in [4.78, 5) is 19.0. The van der Waals surface area contributed by atoms with Crippen molar-refractivity contribution in [1.82, 2.24) is 15.3 Å². The van der Waals surface area contributed by atoms with Crippen molar-refractivity contribution in [3.8, 4) is 0 Å². The van der Waals surface area contributed by atoms with Crippen LogP contribution in [0.1, 0.15) is 18.2 Å². The summed E-state index contributed by atoms with van der Waals surface area (Å²) in [6.07, 6.45) is 7.23. The topological polar surface area (TPSA) is 54.9 Å². The van der Waals surface area contributed by atoms with Gasteiger partial charge in [0.2, 0.25) is 5.91 Å². The Balaban J connectivity index is 2.85. The molecule has 1 aromatic heterocycles. The van der Waals surface area contributed by atoms with E-state index in [2.05, 4.69) is 15.3 Å². The fourth-order valence-electron chi connectivity index (χ4n) is 1.05. The molecule has 0 spiro atoms. The normalized spacial score (nSPS) is 10.4. The van der Waals surface area contributed by atoms with Crippen LogP contribution in [0.4, 0.5) is 0 Å². The van der Waals surface area contributed by atoms with Crippen LogP contribution in [0.15, 0.2) is 18.6 Å². The van der Waals surface area contributed by atoms with Gasteiger partial charge in [-0.1, -0.05) is 6.92 Å². The van der Waals surface area contributed by atoms with Crippen LogP contribution in [-0.4, -0.2) is 22.9 Å². The van der Waals surface area contributed by atoms with E-state index in [-0.39, 0.29) is 5.91 Å². The van der Waals surface area contributed by atoms with Gasteiger partial charge in [0.15, 0.2) is 0 Å². The van der Waals surface area contributed by atoms with Crippen LogP contribution in [0.3, 0.4) is 0 Å². The number of carbonyl (C=O) groups excluding carboxylic acids is 1. The highest BCUT2D eigenvalue weighted by Crippen LogP contribution is 2.06. The lowest BCUT2D eigenvalue weighted by molar-refractivity contribution is -0.115. The van der Waals surface area contributed by atoms with Crippen LogP contribution in [0.5, 0.6) is 0 Å². The highest BCUT2D eigenvalue weighted by molar-refractivity contribution is 5.91. The van der Waals surface area contributed by atoms with Crippen LogP contribution in [0.2, 0.25) is 0 Å². The van der Waals surface area contributed by atoms with E-state index in [4.69, 9.17) is 0 Å². The minimum absolute atomic E-state index is 0.129. The Kier molecular flexibility index (Phi) is 3.79. The fraction of sp³-hybridized carbons (Fsp3) is 0.300. The van der Waals surface area contributed by atoms with E-state index < -0.39 is 0 Å². The van der Waals surface area contributed by atoms with Gasteiger partial charge in [0.25, 0.3) is 0 Å². The predicted molar refractivity (Wildman–Crippen MR) is 54.5 cm³/mol. The van der Waals surface area contributed by atoms with Gasteiger partial charge in [-0.3, -0.25) is 4.79 Å². The van der Waals surface area contributed by atoms with E-state index in [0.29, 0.717) is 0 Å². The van der Waals surface area contributed by atoms with E-state index in [9.17, 15) is 4.79 Å². The Morgan fingerprint density at radius 3 is 3.07 bits per heavy atom. The number of nitrogens with one attached hydrogen (secondary N) is 1. The van der Waals surface area contributed by atoms with Crippen molar-refractivity contribution in [2.45, 2.75) is 13.3 Å². The summed E-state index contributed by atoms with van der Waals surface area (Å²) in [5, 5.41) is 2.51. The van der Waals surface area contributed by atoms with Gasteiger partial charge in [0, 0.05) is 24.9 Å². The first-order valence-electron chi connectivity index (χ1n) is 4.46. The third-order valence-electron chi connectivity index (χ3n) is 1.82. The molecule has 1 N–H and O–H groups in total. The molecule has 4 nitrogen and oxygen atoms in total. The zero-order chi connectivity index (χ0) is 10.4. The lowest BCUT2D eigenvalue weighted by Gasteiger charge is -1.99. The van der Waals surface area contributed by atoms with Gasteiger partial charge < -0.3 is 5.32 Å². The molecule has 0 aliphatic rings. The maximum atomic E-state index is 10.9. The van der Waals surface area contributed by atoms with Crippen LogP contribution >= 0.6 is 0 Å². The maximum Gasteiger partial charge on any atom is 0.243 e. The average molecular weight is 191 g/mol. The van der Waals surface area contributed by atoms with E-state index in [1.807, 2.05) is 6.92 Å². The molecular weight excluding hydrogens is 178 g/mol. The monoisotopic (exact) mass is 191 g/mol. The van der Waals surface area contributed by atoms with Crippen LogP contribution in [0.25, 0.3) is 6.08 Å². The zero-order valence-corrected chi connectivity index (χ0v) is 8.32. The number of aromatic nitrogens is 2. The fourth-order valence-corrected chi connectivity index (χ4v) is 1.05. The molecule has 0 aliphatic heterocycles. The number of hydrogen-bond donors (Lipinski definition) is 1. The standard InChI is InChI=1S/C10H13N3O/c1-3-9-8(6-12-7-13-9)4-5-10(14)11-2/h4-7H,3H2,1-2H3,(H,11,14)/b5-4+. The quantitative estimate of drug-likeness (QED) is 0.719. The molecule has 0 unspecified atom stereocenters. The van der Waals surface area contributed by atoms with Crippen LogP contribution < -0.4 is 5.32 Å². The Morgan fingerprint density at radius 2 is 2.43 bits per heavy atom. The molecule has 1 heterocycles. The molecule has 0 radical (unpaired) electrons. The number of nitrogens with zero attached hydrogens (tertiary/aromatic N) is 2. The zero-order valence-electron chi connectivity index (χ0n) is 8.32. The van der Waals surface area contributed by atoms with Crippen molar-refractivity contribution in [3.05, 3.63) is 29.9 Å². The molecule has 0 saturated carbocycles. The van der Waals surface area contributed by atoms with Crippen molar-refractivity contribution in [2.75, 3.05) is 7.05 Å². The Morgan fingerprint density at radius 1 is 1.64 bits per heavy atom. The number of carbonyl (C=O) groups is 1. The summed E-state index contributed by atoms with van der Waals surface area (Å²) < 4.78 is 0. The molecule has 14 heavy (non-hydrogen) atoms. The first kappa shape index (κ1) is 10.4. The summed E-state index contributed by atoms with van der Waals surface area (Å²) in [7, 11) is 1.59. The molecule has 1 aromatic rings. The van der Waals surface area contributed by atoms with Gasteiger partial charge in [0.1, 0.15) is 6.33 Å². The molecule has 0 aliphatic carbocycles. The van der Waals surface area contributed by atoms with E-state index in [1.165, 1.54) is 12.4 Å². The average Bonchev–Trinajstić information content (AvgIpc) is 2.26. The third-order valence-corrected chi connectivity index (χ3v) is 1.82. The number of hydrogen-bond acceptors (Lipinski definition) is 3. The third kappa shape index (κ3) is 2.65. The molecule has 0 bridgehead atoms. The Hall–Kier alpha value is -1.71. The minimum Gasteiger partial charge on any atom is -0.356 e. The van der Waals surface area contributed by atoms with Gasteiger partial charge in [-0.25, -0.2) is 9.97 Å². The number of rotatable bonds is 3. The SMILES string of the molecule is CCc1ncncc1/C=C/C(=O)NC. The number of likely N-dealkylation sites (N-methyl/N-ethyl adjacent to an activating group) is 1. The molecule has 0 fully saturated rings. The predicted octanol–water partition coefficient (Wildman–Crippen LogP) is 0.798. The second-order valence-electron chi connectivity index (χ2n) is 2.73. The molecule has 0 aromatic carbocycles. The molecule has 74 valence electrons. The second-order valence-corrected chi connectivity index (χ2v) is 2.73. The Bertz CT molecular complexity index is 347. The highest BCUT2D eigenvalue weighted by Gasteiger charge is 1.98. The van der Waals surface area contributed by atoms with Crippen molar-refractivity contribution < 1.29 is 4.79 Å². The summed E-state index contributed by atoms with van der Waals surface area (Å²) in [6, 6.07) is 0. The first-order valence-corrected chi connectivity index (χ1v) is 4.46. The second kappa shape index (κ2) is 5.11. The molecule has 0 atom stereocenters. The number of amides is 1. The molecule has 1 amide bonds. The van der Waals surface area contributed by atoms with E-state index in [1.54, 1.807) is 19.3 Å². The van der Waals surface area contributed by atoms with Gasteiger partial charge in [0.05, 0.1) is 5.69 Å². The lowest BCUT2D eigenvalue weighted by Crippen LogP contribution is -2.13. The van der Waals surface area contributed by atoms with Crippen molar-refractivity contribution in [3.63, 3.8) is 0 Å². The van der Waals surface area contributed by atoms with Crippen molar-refractivity contribution in [2.24, 2.45) is 0 Å². The summed E-state index contributed by atoms with van der Waals surface area (Å²) in [6.45, 7) is 2.01. The smallest absolute Gasteiger partial charge is 0.243 e. The van der Waals surface area contributed by atoms with Gasteiger partial charge in [-0.15, -0.1) is 0 Å².